The Morgan fingerprint density at radius 2 is 2.28 bits per heavy atom. The Hall–Kier alpha value is -1.69. The highest BCUT2D eigenvalue weighted by Gasteiger charge is 2.18. The summed E-state index contributed by atoms with van der Waals surface area (Å²) in [6.45, 7) is 5.31. The van der Waals surface area contributed by atoms with Gasteiger partial charge in [-0.1, -0.05) is 13.3 Å². The van der Waals surface area contributed by atoms with E-state index in [9.17, 15) is 0 Å². The zero-order valence-electron chi connectivity index (χ0n) is 10.5. The van der Waals surface area contributed by atoms with Crippen LogP contribution in [0.15, 0.2) is 12.7 Å². The number of rotatable bonds is 3. The van der Waals surface area contributed by atoms with Crippen molar-refractivity contribution >= 4 is 17.0 Å². The molecule has 0 aliphatic carbocycles. The molecule has 0 bridgehead atoms. The van der Waals surface area contributed by atoms with Gasteiger partial charge in [-0.05, 0) is 6.42 Å². The molecule has 0 radical (unpaired) electrons. The maximum Gasteiger partial charge on any atom is 0.183 e. The fourth-order valence-electron chi connectivity index (χ4n) is 2.23. The first kappa shape index (κ1) is 11.4. The molecule has 0 saturated heterocycles. The van der Waals surface area contributed by atoms with Crippen LogP contribution in [0.25, 0.3) is 11.2 Å². The van der Waals surface area contributed by atoms with Crippen LogP contribution in [0.5, 0.6) is 0 Å². The number of nitrogens with zero attached hydrogens (tertiary/aromatic N) is 5. The van der Waals surface area contributed by atoms with Crippen molar-refractivity contribution in [3.05, 3.63) is 12.7 Å². The van der Waals surface area contributed by atoms with Gasteiger partial charge in [-0.3, -0.25) is 0 Å². The van der Waals surface area contributed by atoms with Crippen LogP contribution in [-0.2, 0) is 11.5 Å². The van der Waals surface area contributed by atoms with Crippen molar-refractivity contribution in [3.8, 4) is 0 Å². The van der Waals surface area contributed by atoms with Gasteiger partial charge in [-0.25, -0.2) is 15.0 Å². The normalized spacial score (nSPS) is 15.7. The van der Waals surface area contributed by atoms with E-state index in [1.54, 1.807) is 12.7 Å². The van der Waals surface area contributed by atoms with E-state index in [4.69, 9.17) is 4.74 Å². The molecule has 0 atom stereocenters. The molecule has 2 aromatic rings. The van der Waals surface area contributed by atoms with E-state index in [1.165, 1.54) is 6.42 Å². The van der Waals surface area contributed by atoms with Crippen molar-refractivity contribution in [2.75, 3.05) is 24.6 Å². The molecule has 0 amide bonds. The summed E-state index contributed by atoms with van der Waals surface area (Å²) in [5, 5.41) is 0. The second-order valence-electron chi connectivity index (χ2n) is 4.46. The fourth-order valence-corrected chi connectivity index (χ4v) is 2.23. The molecule has 0 fully saturated rings. The van der Waals surface area contributed by atoms with Gasteiger partial charge in [0, 0.05) is 13.1 Å². The highest BCUT2D eigenvalue weighted by molar-refractivity contribution is 5.83. The largest absolute Gasteiger partial charge is 0.359 e. The first-order valence-electron chi connectivity index (χ1n) is 6.38. The summed E-state index contributed by atoms with van der Waals surface area (Å²) >= 11 is 0. The second-order valence-corrected chi connectivity index (χ2v) is 4.46. The van der Waals surface area contributed by atoms with Crippen LogP contribution in [0, 0.1) is 0 Å². The Bertz CT molecular complexity index is 538. The van der Waals surface area contributed by atoms with Crippen molar-refractivity contribution in [3.63, 3.8) is 0 Å². The van der Waals surface area contributed by atoms with E-state index < -0.39 is 0 Å². The molecule has 18 heavy (non-hydrogen) atoms. The number of hydrogen-bond acceptors (Lipinski definition) is 5. The molecule has 3 rings (SSSR count). The lowest BCUT2D eigenvalue weighted by atomic mass is 10.3. The third kappa shape index (κ3) is 1.92. The zero-order valence-corrected chi connectivity index (χ0v) is 10.5. The summed E-state index contributed by atoms with van der Waals surface area (Å²) in [6, 6.07) is 0. The molecule has 0 spiro atoms. The van der Waals surface area contributed by atoms with Gasteiger partial charge in [0.15, 0.2) is 11.5 Å². The minimum atomic E-state index is 0.526. The number of aromatic nitrogens is 4. The molecule has 0 unspecified atom stereocenters. The maximum absolute atomic E-state index is 5.62. The van der Waals surface area contributed by atoms with Crippen LogP contribution in [0.2, 0.25) is 0 Å². The SMILES string of the molecule is CCCCN1CCOCn2cnc3ncnc1c32. The summed E-state index contributed by atoms with van der Waals surface area (Å²) in [5.41, 5.74) is 1.72. The molecule has 2 aromatic heterocycles. The minimum absolute atomic E-state index is 0.526. The molecule has 1 aliphatic heterocycles. The molecular weight excluding hydrogens is 230 g/mol. The number of hydrogen-bond donors (Lipinski definition) is 0. The van der Waals surface area contributed by atoms with Gasteiger partial charge < -0.3 is 14.2 Å². The van der Waals surface area contributed by atoms with Gasteiger partial charge in [0.05, 0.1) is 12.9 Å². The quantitative estimate of drug-likeness (QED) is 0.821. The third-order valence-corrected chi connectivity index (χ3v) is 3.21. The van der Waals surface area contributed by atoms with Gasteiger partial charge in [-0.2, -0.15) is 0 Å². The predicted molar refractivity (Wildman–Crippen MR) is 68.4 cm³/mol. The van der Waals surface area contributed by atoms with Gasteiger partial charge >= 0.3 is 0 Å². The van der Waals surface area contributed by atoms with Crippen molar-refractivity contribution in [1.82, 2.24) is 19.5 Å². The minimum Gasteiger partial charge on any atom is -0.359 e. The lowest BCUT2D eigenvalue weighted by Crippen LogP contribution is -2.31. The Labute approximate surface area is 106 Å². The fraction of sp³-hybridized carbons (Fsp3) is 0.583. The van der Waals surface area contributed by atoms with Crippen LogP contribution in [-0.4, -0.2) is 39.2 Å². The number of unbranched alkanes of at least 4 members (excludes halogenated alkanes) is 1. The van der Waals surface area contributed by atoms with E-state index in [2.05, 4.69) is 26.8 Å². The summed E-state index contributed by atoms with van der Waals surface area (Å²) in [6.07, 6.45) is 5.69. The molecule has 0 saturated carbocycles. The van der Waals surface area contributed by atoms with Crippen molar-refractivity contribution in [1.29, 1.82) is 0 Å². The first-order valence-corrected chi connectivity index (χ1v) is 6.38. The maximum atomic E-state index is 5.62. The average Bonchev–Trinajstić information content (AvgIpc) is 2.79. The lowest BCUT2D eigenvalue weighted by Gasteiger charge is -2.26. The Morgan fingerprint density at radius 1 is 1.33 bits per heavy atom. The van der Waals surface area contributed by atoms with Crippen LogP contribution in [0.3, 0.4) is 0 Å². The zero-order chi connectivity index (χ0) is 12.4. The number of ether oxygens (including phenoxy) is 1. The molecule has 6 nitrogen and oxygen atoms in total. The third-order valence-electron chi connectivity index (χ3n) is 3.21. The van der Waals surface area contributed by atoms with Crippen LogP contribution in [0.1, 0.15) is 19.8 Å². The van der Waals surface area contributed by atoms with E-state index in [0.717, 1.165) is 36.5 Å². The van der Waals surface area contributed by atoms with E-state index in [-0.39, 0.29) is 0 Å². The van der Waals surface area contributed by atoms with Crippen LogP contribution < -0.4 is 4.90 Å². The lowest BCUT2D eigenvalue weighted by molar-refractivity contribution is 0.0827. The van der Waals surface area contributed by atoms with Gasteiger partial charge in [-0.15, -0.1) is 0 Å². The number of imidazole rings is 1. The predicted octanol–water partition coefficient (Wildman–Crippen LogP) is 1.42. The Kier molecular flexibility index (Phi) is 3.10. The molecule has 96 valence electrons. The first-order chi connectivity index (χ1) is 8.90. The van der Waals surface area contributed by atoms with Gasteiger partial charge in [0.1, 0.15) is 18.6 Å². The number of anilines is 1. The highest BCUT2D eigenvalue weighted by atomic mass is 16.5. The molecular formula is C12H17N5O. The van der Waals surface area contributed by atoms with Gasteiger partial charge in [0.2, 0.25) is 0 Å². The summed E-state index contributed by atoms with van der Waals surface area (Å²) in [5.74, 6) is 0.981. The highest BCUT2D eigenvalue weighted by Crippen LogP contribution is 2.23. The Morgan fingerprint density at radius 3 is 3.17 bits per heavy atom. The van der Waals surface area contributed by atoms with Crippen LogP contribution >= 0.6 is 0 Å². The smallest absolute Gasteiger partial charge is 0.183 e. The van der Waals surface area contributed by atoms with Crippen LogP contribution in [0.4, 0.5) is 5.82 Å². The summed E-state index contributed by atoms with van der Waals surface area (Å²) in [4.78, 5) is 15.2. The standard InChI is InChI=1S/C12H17N5O/c1-2-3-4-16-5-6-18-9-17-8-15-11-10(17)12(16)14-7-13-11/h7-8H,2-6,9H2,1H3. The van der Waals surface area contributed by atoms with Gasteiger partial charge in [0.25, 0.3) is 0 Å². The second kappa shape index (κ2) is 4.89. The van der Waals surface area contributed by atoms with Crippen molar-refractivity contribution in [2.45, 2.75) is 26.5 Å². The molecule has 0 N–H and O–H groups in total. The molecule has 6 heteroatoms. The summed E-state index contributed by atoms with van der Waals surface area (Å²) < 4.78 is 7.59. The molecule has 1 aliphatic rings. The molecule has 3 heterocycles. The van der Waals surface area contributed by atoms with Crippen molar-refractivity contribution in [2.24, 2.45) is 0 Å². The Balaban J connectivity index is 2.06. The van der Waals surface area contributed by atoms with E-state index >= 15 is 0 Å². The van der Waals surface area contributed by atoms with E-state index in [0.29, 0.717) is 13.3 Å². The average molecular weight is 247 g/mol. The van der Waals surface area contributed by atoms with Crippen molar-refractivity contribution < 1.29 is 4.74 Å². The van der Waals surface area contributed by atoms with E-state index in [1.807, 2.05) is 4.57 Å². The summed E-state index contributed by atoms with van der Waals surface area (Å²) in [7, 11) is 0. The molecule has 0 aromatic carbocycles. The topological polar surface area (TPSA) is 56.1 Å². The monoisotopic (exact) mass is 247 g/mol.